The molecule has 2 heteroatoms. The van der Waals surface area contributed by atoms with Gasteiger partial charge in [0, 0.05) is 12.6 Å². The molecule has 18 heavy (non-hydrogen) atoms. The zero-order valence-corrected chi connectivity index (χ0v) is 11.5. The van der Waals surface area contributed by atoms with E-state index in [9.17, 15) is 4.39 Å². The van der Waals surface area contributed by atoms with E-state index in [4.69, 9.17) is 0 Å². The molecule has 0 heterocycles. The van der Waals surface area contributed by atoms with Crippen LogP contribution < -0.4 is 5.32 Å². The average Bonchev–Trinajstić information content (AvgIpc) is 2.38. The Balaban J connectivity index is 1.93. The van der Waals surface area contributed by atoms with Crippen molar-refractivity contribution in [3.63, 3.8) is 0 Å². The monoisotopic (exact) mass is 249 g/mol. The second-order valence-electron chi connectivity index (χ2n) is 5.51. The molecule has 1 N–H and O–H groups in total. The topological polar surface area (TPSA) is 12.0 Å². The highest BCUT2D eigenvalue weighted by atomic mass is 19.1. The van der Waals surface area contributed by atoms with Crippen LogP contribution in [-0.2, 0) is 6.54 Å². The first-order chi connectivity index (χ1) is 8.70. The predicted octanol–water partition coefficient (Wildman–Crippen LogP) is 4.19. The largest absolute Gasteiger partial charge is 0.310 e. The Morgan fingerprint density at radius 2 is 2.06 bits per heavy atom. The van der Waals surface area contributed by atoms with Gasteiger partial charge in [-0.15, -0.1) is 0 Å². The van der Waals surface area contributed by atoms with Crippen molar-refractivity contribution >= 4 is 0 Å². The smallest absolute Gasteiger partial charge is 0.123 e. The molecule has 0 aromatic heterocycles. The number of halogens is 1. The van der Waals surface area contributed by atoms with Crippen LogP contribution in [0.1, 0.15) is 50.2 Å². The molecule has 0 saturated heterocycles. The van der Waals surface area contributed by atoms with E-state index < -0.39 is 0 Å². The van der Waals surface area contributed by atoms with E-state index in [-0.39, 0.29) is 5.82 Å². The van der Waals surface area contributed by atoms with Crippen LogP contribution in [0.5, 0.6) is 0 Å². The van der Waals surface area contributed by atoms with Gasteiger partial charge >= 0.3 is 0 Å². The molecule has 1 nitrogen and oxygen atoms in total. The minimum atomic E-state index is -0.139. The van der Waals surface area contributed by atoms with Crippen LogP contribution in [-0.4, -0.2) is 6.04 Å². The predicted molar refractivity (Wildman–Crippen MR) is 74.0 cm³/mol. The first-order valence-electron chi connectivity index (χ1n) is 7.19. The lowest BCUT2D eigenvalue weighted by Gasteiger charge is -2.32. The van der Waals surface area contributed by atoms with Gasteiger partial charge in [0.1, 0.15) is 5.82 Å². The maximum atomic E-state index is 13.0. The summed E-state index contributed by atoms with van der Waals surface area (Å²) in [5.74, 6) is 0.680. The molecule has 1 fully saturated rings. The van der Waals surface area contributed by atoms with Crippen LogP contribution in [0.25, 0.3) is 0 Å². The summed E-state index contributed by atoms with van der Waals surface area (Å²) >= 11 is 0. The minimum absolute atomic E-state index is 0.139. The zero-order chi connectivity index (χ0) is 13.0. The molecule has 1 saturated carbocycles. The van der Waals surface area contributed by atoms with E-state index in [2.05, 4.69) is 12.2 Å². The normalized spacial score (nSPS) is 24.2. The lowest BCUT2D eigenvalue weighted by atomic mass is 9.83. The highest BCUT2D eigenvalue weighted by Gasteiger charge is 2.22. The maximum Gasteiger partial charge on any atom is 0.123 e. The summed E-state index contributed by atoms with van der Waals surface area (Å²) in [4.78, 5) is 0. The van der Waals surface area contributed by atoms with Crippen LogP contribution in [0.15, 0.2) is 18.2 Å². The Morgan fingerprint density at radius 1 is 1.28 bits per heavy atom. The molecule has 0 bridgehead atoms. The molecule has 2 rings (SSSR count). The van der Waals surface area contributed by atoms with Crippen molar-refractivity contribution < 1.29 is 4.39 Å². The van der Waals surface area contributed by atoms with Gasteiger partial charge in [0.15, 0.2) is 0 Å². The molecule has 1 aromatic rings. The first kappa shape index (κ1) is 13.5. The average molecular weight is 249 g/mol. The van der Waals surface area contributed by atoms with E-state index in [1.165, 1.54) is 37.7 Å². The van der Waals surface area contributed by atoms with Gasteiger partial charge in [-0.3, -0.25) is 0 Å². The fraction of sp³-hybridized carbons (Fsp3) is 0.625. The van der Waals surface area contributed by atoms with Crippen molar-refractivity contribution in [2.45, 2.75) is 58.5 Å². The molecule has 0 spiro atoms. The van der Waals surface area contributed by atoms with Crippen molar-refractivity contribution in [3.8, 4) is 0 Å². The summed E-state index contributed by atoms with van der Waals surface area (Å²) in [5.41, 5.74) is 2.27. The third-order valence-electron chi connectivity index (χ3n) is 4.29. The molecule has 0 radical (unpaired) electrons. The minimum Gasteiger partial charge on any atom is -0.310 e. The molecule has 100 valence electrons. The first-order valence-corrected chi connectivity index (χ1v) is 7.19. The summed E-state index contributed by atoms with van der Waals surface area (Å²) in [6.07, 6.45) is 6.64. The zero-order valence-electron chi connectivity index (χ0n) is 11.5. The Morgan fingerprint density at radius 3 is 2.78 bits per heavy atom. The Kier molecular flexibility index (Phi) is 4.76. The third-order valence-corrected chi connectivity index (χ3v) is 4.29. The molecular weight excluding hydrogens is 225 g/mol. The number of aryl methyl sites for hydroxylation is 1. The van der Waals surface area contributed by atoms with Gasteiger partial charge in [-0.1, -0.05) is 32.3 Å². The SMILES string of the molecule is CCC1CCCCC1NCc1ccc(F)cc1C. The van der Waals surface area contributed by atoms with Crippen LogP contribution >= 0.6 is 0 Å². The van der Waals surface area contributed by atoms with E-state index in [1.54, 1.807) is 12.1 Å². The van der Waals surface area contributed by atoms with Crippen LogP contribution in [0.2, 0.25) is 0 Å². The van der Waals surface area contributed by atoms with Gasteiger partial charge < -0.3 is 5.32 Å². The van der Waals surface area contributed by atoms with Crippen molar-refractivity contribution in [2.75, 3.05) is 0 Å². The Labute approximate surface area is 110 Å². The number of benzene rings is 1. The summed E-state index contributed by atoms with van der Waals surface area (Å²) in [5, 5.41) is 3.68. The van der Waals surface area contributed by atoms with Gasteiger partial charge in [0.05, 0.1) is 0 Å². The second-order valence-corrected chi connectivity index (χ2v) is 5.51. The third kappa shape index (κ3) is 3.32. The molecule has 1 aliphatic rings. The van der Waals surface area contributed by atoms with Crippen molar-refractivity contribution in [3.05, 3.63) is 35.1 Å². The molecule has 1 aromatic carbocycles. The molecule has 1 aliphatic carbocycles. The van der Waals surface area contributed by atoms with Crippen molar-refractivity contribution in [1.82, 2.24) is 5.32 Å². The van der Waals surface area contributed by atoms with Gasteiger partial charge in [-0.25, -0.2) is 4.39 Å². The van der Waals surface area contributed by atoms with Gasteiger partial charge in [0.25, 0.3) is 0 Å². The summed E-state index contributed by atoms with van der Waals surface area (Å²) in [6, 6.07) is 5.73. The standard InChI is InChI=1S/C16H24FN/c1-3-13-6-4-5-7-16(13)18-11-14-8-9-15(17)10-12(14)2/h8-10,13,16,18H,3-7,11H2,1-2H3. The number of rotatable bonds is 4. The Hall–Kier alpha value is -0.890. The highest BCUT2D eigenvalue weighted by molar-refractivity contribution is 5.26. The van der Waals surface area contributed by atoms with E-state index >= 15 is 0 Å². The molecule has 0 amide bonds. The molecular formula is C16H24FN. The summed E-state index contributed by atoms with van der Waals surface area (Å²) in [6.45, 7) is 5.14. The Bertz CT molecular complexity index is 389. The fourth-order valence-electron chi connectivity index (χ4n) is 3.06. The van der Waals surface area contributed by atoms with Gasteiger partial charge in [0.2, 0.25) is 0 Å². The van der Waals surface area contributed by atoms with Gasteiger partial charge in [-0.2, -0.15) is 0 Å². The number of hydrogen-bond donors (Lipinski definition) is 1. The van der Waals surface area contributed by atoms with E-state index in [0.29, 0.717) is 6.04 Å². The number of nitrogens with one attached hydrogen (secondary N) is 1. The summed E-state index contributed by atoms with van der Waals surface area (Å²) < 4.78 is 13.0. The van der Waals surface area contributed by atoms with Crippen molar-refractivity contribution in [1.29, 1.82) is 0 Å². The molecule has 0 aliphatic heterocycles. The fourth-order valence-corrected chi connectivity index (χ4v) is 3.06. The second kappa shape index (κ2) is 6.33. The van der Waals surface area contributed by atoms with Crippen LogP contribution in [0.3, 0.4) is 0 Å². The molecule has 2 atom stereocenters. The lowest BCUT2D eigenvalue weighted by Crippen LogP contribution is -2.37. The summed E-state index contributed by atoms with van der Waals surface area (Å²) in [7, 11) is 0. The van der Waals surface area contributed by atoms with Crippen molar-refractivity contribution in [2.24, 2.45) is 5.92 Å². The quantitative estimate of drug-likeness (QED) is 0.843. The van der Waals surface area contributed by atoms with Crippen LogP contribution in [0.4, 0.5) is 4.39 Å². The van der Waals surface area contributed by atoms with E-state index in [0.717, 1.165) is 18.0 Å². The highest BCUT2D eigenvalue weighted by Crippen LogP contribution is 2.27. The maximum absolute atomic E-state index is 13.0. The number of hydrogen-bond acceptors (Lipinski definition) is 1. The van der Waals surface area contributed by atoms with Gasteiger partial charge in [-0.05, 0) is 48.9 Å². The van der Waals surface area contributed by atoms with E-state index in [1.807, 2.05) is 13.0 Å². The lowest BCUT2D eigenvalue weighted by molar-refractivity contribution is 0.254. The molecule has 2 unspecified atom stereocenters. The van der Waals surface area contributed by atoms with Crippen LogP contribution in [0, 0.1) is 18.7 Å².